The Bertz CT molecular complexity index is 615. The molecular weight excluding hydrogens is 330 g/mol. The standard InChI is InChI=1S/C21H29NO2S/c1-5-8-18(17(3)23)9-6-7-10-22-11-12-25-21-13-16(2)20(24-4)14-19(21)15-22/h5-6,8-9,13-14,16,20H,1,7,10-12,15H2,2-4H3/b9-6-,18-8+. The van der Waals surface area contributed by atoms with Crippen LogP contribution in [0, 0.1) is 5.92 Å². The molecule has 2 atom stereocenters. The minimum atomic E-state index is 0.0733. The van der Waals surface area contributed by atoms with Crippen LogP contribution in [0.1, 0.15) is 20.3 Å². The number of hydrogen-bond donors (Lipinski definition) is 0. The van der Waals surface area contributed by atoms with E-state index >= 15 is 0 Å². The van der Waals surface area contributed by atoms with Crippen molar-refractivity contribution in [1.29, 1.82) is 0 Å². The molecule has 0 N–H and O–H groups in total. The van der Waals surface area contributed by atoms with Crippen LogP contribution in [-0.2, 0) is 9.53 Å². The highest BCUT2D eigenvalue weighted by Crippen LogP contribution is 2.34. The van der Waals surface area contributed by atoms with Crippen LogP contribution < -0.4 is 0 Å². The largest absolute Gasteiger partial charge is 0.377 e. The average molecular weight is 360 g/mol. The van der Waals surface area contributed by atoms with Gasteiger partial charge in [0.2, 0.25) is 0 Å². The molecule has 0 bridgehead atoms. The number of fused-ring (bicyclic) bond motifs is 1. The van der Waals surface area contributed by atoms with Crippen LogP contribution in [0.4, 0.5) is 0 Å². The second-order valence-electron chi connectivity index (χ2n) is 6.51. The van der Waals surface area contributed by atoms with Gasteiger partial charge in [0.1, 0.15) is 0 Å². The number of nitrogens with zero attached hydrogens (tertiary/aromatic N) is 1. The number of thioether (sulfide) groups is 1. The molecule has 1 aliphatic carbocycles. The minimum absolute atomic E-state index is 0.0733. The van der Waals surface area contributed by atoms with Crippen molar-refractivity contribution in [3.05, 3.63) is 59.1 Å². The molecule has 4 heteroatoms. The predicted octanol–water partition coefficient (Wildman–Crippen LogP) is 4.16. The molecule has 136 valence electrons. The molecule has 2 aliphatic rings. The number of ether oxygens (including phenoxy) is 1. The van der Waals surface area contributed by atoms with Crippen LogP contribution in [0.25, 0.3) is 0 Å². The molecule has 2 unspecified atom stereocenters. The van der Waals surface area contributed by atoms with Gasteiger partial charge in [-0.1, -0.05) is 43.9 Å². The van der Waals surface area contributed by atoms with Gasteiger partial charge in [-0.05, 0) is 25.0 Å². The van der Waals surface area contributed by atoms with Crippen molar-refractivity contribution in [2.24, 2.45) is 5.92 Å². The molecule has 1 aliphatic heterocycles. The summed E-state index contributed by atoms with van der Waals surface area (Å²) in [5.74, 6) is 1.63. The molecule has 0 aromatic heterocycles. The molecule has 0 saturated carbocycles. The monoisotopic (exact) mass is 359 g/mol. The number of methoxy groups -OCH3 is 1. The highest BCUT2D eigenvalue weighted by Gasteiger charge is 2.25. The Morgan fingerprint density at radius 1 is 1.48 bits per heavy atom. The van der Waals surface area contributed by atoms with Gasteiger partial charge in [-0.25, -0.2) is 0 Å². The van der Waals surface area contributed by atoms with Crippen LogP contribution in [0.5, 0.6) is 0 Å². The first kappa shape index (κ1) is 20.0. The van der Waals surface area contributed by atoms with Crippen LogP contribution in [-0.4, -0.2) is 49.3 Å². The van der Waals surface area contributed by atoms with Gasteiger partial charge in [-0.15, -0.1) is 11.8 Å². The van der Waals surface area contributed by atoms with Crippen molar-refractivity contribution < 1.29 is 9.53 Å². The maximum Gasteiger partial charge on any atom is 0.159 e. The number of carbonyl (C=O) groups is 1. The molecule has 2 rings (SSSR count). The fourth-order valence-electron chi connectivity index (χ4n) is 3.11. The molecular formula is C21H29NO2S. The van der Waals surface area contributed by atoms with Gasteiger partial charge >= 0.3 is 0 Å². The summed E-state index contributed by atoms with van der Waals surface area (Å²) >= 11 is 1.96. The normalized spacial score (nSPS) is 25.2. The maximum absolute atomic E-state index is 11.5. The van der Waals surface area contributed by atoms with E-state index in [1.165, 1.54) is 10.5 Å². The van der Waals surface area contributed by atoms with E-state index in [-0.39, 0.29) is 11.9 Å². The summed E-state index contributed by atoms with van der Waals surface area (Å²) in [5, 5.41) is 0. The topological polar surface area (TPSA) is 29.5 Å². The first-order chi connectivity index (χ1) is 12.0. The van der Waals surface area contributed by atoms with E-state index < -0.39 is 0 Å². The summed E-state index contributed by atoms with van der Waals surface area (Å²) in [6, 6.07) is 0. The highest BCUT2D eigenvalue weighted by atomic mass is 32.2. The molecule has 0 spiro atoms. The Labute approximate surface area is 156 Å². The van der Waals surface area contributed by atoms with E-state index in [2.05, 4.69) is 36.6 Å². The number of ketones is 1. The van der Waals surface area contributed by atoms with Crippen molar-refractivity contribution in [2.75, 3.05) is 32.5 Å². The SMILES string of the molecule is C=C/C=C(\C=C/CCN1CCSC2=CC(C)C(OC)C=C2C1)C(C)=O. The zero-order valence-corrected chi connectivity index (χ0v) is 16.3. The van der Waals surface area contributed by atoms with E-state index in [1.807, 2.05) is 17.8 Å². The number of hydrogen-bond acceptors (Lipinski definition) is 4. The first-order valence-electron chi connectivity index (χ1n) is 8.86. The van der Waals surface area contributed by atoms with Gasteiger partial charge in [0.15, 0.2) is 5.78 Å². The third-order valence-corrected chi connectivity index (χ3v) is 5.65. The molecule has 1 saturated heterocycles. The van der Waals surface area contributed by atoms with Crippen molar-refractivity contribution in [1.82, 2.24) is 4.90 Å². The molecule has 0 aromatic rings. The number of carbonyl (C=O) groups excluding carboxylic acids is 1. The van der Waals surface area contributed by atoms with Gasteiger partial charge in [-0.3, -0.25) is 9.69 Å². The summed E-state index contributed by atoms with van der Waals surface area (Å²) in [7, 11) is 1.78. The second kappa shape index (κ2) is 9.95. The summed E-state index contributed by atoms with van der Waals surface area (Å²) < 4.78 is 5.59. The second-order valence-corrected chi connectivity index (χ2v) is 7.65. The highest BCUT2D eigenvalue weighted by molar-refractivity contribution is 8.03. The van der Waals surface area contributed by atoms with Crippen molar-refractivity contribution in [3.8, 4) is 0 Å². The zero-order chi connectivity index (χ0) is 18.2. The van der Waals surface area contributed by atoms with Crippen molar-refractivity contribution in [3.63, 3.8) is 0 Å². The first-order valence-corrected chi connectivity index (χ1v) is 9.84. The van der Waals surface area contributed by atoms with Crippen LogP contribution >= 0.6 is 11.8 Å². The van der Waals surface area contributed by atoms with E-state index in [4.69, 9.17) is 4.74 Å². The summed E-state index contributed by atoms with van der Waals surface area (Å²) in [5.41, 5.74) is 2.10. The van der Waals surface area contributed by atoms with Gasteiger partial charge in [-0.2, -0.15) is 0 Å². The average Bonchev–Trinajstić information content (AvgIpc) is 2.78. The molecule has 1 fully saturated rings. The lowest BCUT2D eigenvalue weighted by Gasteiger charge is -2.26. The Balaban J connectivity index is 1.94. The van der Waals surface area contributed by atoms with E-state index in [0.717, 1.165) is 31.8 Å². The molecule has 0 aromatic carbocycles. The molecule has 25 heavy (non-hydrogen) atoms. The third kappa shape index (κ3) is 5.84. The van der Waals surface area contributed by atoms with E-state index in [0.29, 0.717) is 11.5 Å². The van der Waals surface area contributed by atoms with Crippen LogP contribution in [0.15, 0.2) is 59.1 Å². The zero-order valence-electron chi connectivity index (χ0n) is 15.5. The summed E-state index contributed by atoms with van der Waals surface area (Å²) in [6.45, 7) is 10.5. The van der Waals surface area contributed by atoms with Gasteiger partial charge in [0.05, 0.1) is 6.10 Å². The lowest BCUT2D eigenvalue weighted by molar-refractivity contribution is -0.113. The summed E-state index contributed by atoms with van der Waals surface area (Å²) in [6.07, 6.45) is 13.2. The van der Waals surface area contributed by atoms with Gasteiger partial charge < -0.3 is 4.74 Å². The Morgan fingerprint density at radius 3 is 2.96 bits per heavy atom. The van der Waals surface area contributed by atoms with Crippen LogP contribution in [0.2, 0.25) is 0 Å². The predicted molar refractivity (Wildman–Crippen MR) is 108 cm³/mol. The molecule has 3 nitrogen and oxygen atoms in total. The molecule has 0 radical (unpaired) electrons. The maximum atomic E-state index is 11.5. The Kier molecular flexibility index (Phi) is 7.94. The van der Waals surface area contributed by atoms with Crippen molar-refractivity contribution >= 4 is 17.5 Å². The lowest BCUT2D eigenvalue weighted by atomic mass is 9.95. The number of allylic oxidation sites excluding steroid dienone is 4. The third-order valence-electron chi connectivity index (χ3n) is 4.56. The fourth-order valence-corrected chi connectivity index (χ4v) is 4.31. The fraction of sp³-hybridized carbons (Fsp3) is 0.476. The minimum Gasteiger partial charge on any atom is -0.377 e. The number of Topliss-reactive ketones (excluding diaryl/α,β-unsaturated/α-hetero) is 1. The summed E-state index contributed by atoms with van der Waals surface area (Å²) in [4.78, 5) is 15.4. The van der Waals surface area contributed by atoms with Gasteiger partial charge in [0.25, 0.3) is 0 Å². The number of rotatable bonds is 7. The molecule has 0 amide bonds. The van der Waals surface area contributed by atoms with E-state index in [1.54, 1.807) is 26.2 Å². The molecule has 1 heterocycles. The lowest BCUT2D eigenvalue weighted by Crippen LogP contribution is -2.29. The smallest absolute Gasteiger partial charge is 0.159 e. The quantitative estimate of drug-likeness (QED) is 0.504. The van der Waals surface area contributed by atoms with Crippen molar-refractivity contribution in [2.45, 2.75) is 26.4 Å². The van der Waals surface area contributed by atoms with Gasteiger partial charge in [0, 0.05) is 48.9 Å². The Hall–Kier alpha value is -1.36. The van der Waals surface area contributed by atoms with Crippen LogP contribution in [0.3, 0.4) is 0 Å². The Morgan fingerprint density at radius 2 is 2.28 bits per heavy atom. The van der Waals surface area contributed by atoms with E-state index in [9.17, 15) is 4.79 Å².